The molecule has 1 amide bonds. The van der Waals surface area contributed by atoms with E-state index in [9.17, 15) is 9.59 Å². The van der Waals surface area contributed by atoms with Crippen LogP contribution < -0.4 is 4.90 Å². The molecule has 0 N–H and O–H groups in total. The third kappa shape index (κ3) is 3.12. The fourth-order valence-electron chi connectivity index (χ4n) is 4.24. The number of Topliss-reactive ketones (excluding diaryl/α,β-unsaturated/α-hetero) is 1. The Hall–Kier alpha value is -2.68. The number of allylic oxidation sites excluding steroid dienone is 2. The molecule has 2 aliphatic rings. The molecule has 27 heavy (non-hydrogen) atoms. The summed E-state index contributed by atoms with van der Waals surface area (Å²) in [6.07, 6.45) is 2.52. The fourth-order valence-corrected chi connectivity index (χ4v) is 4.24. The van der Waals surface area contributed by atoms with Crippen LogP contribution in [0.15, 0.2) is 53.7 Å². The van der Waals surface area contributed by atoms with Crippen LogP contribution >= 0.6 is 0 Å². The molecule has 1 aliphatic heterocycles. The summed E-state index contributed by atoms with van der Waals surface area (Å²) >= 11 is 0. The van der Waals surface area contributed by atoms with Crippen LogP contribution in [0, 0.1) is 20.8 Å². The summed E-state index contributed by atoms with van der Waals surface area (Å²) in [5.74, 6) is 0.157. The minimum atomic E-state index is -0.122. The van der Waals surface area contributed by atoms with E-state index in [1.165, 1.54) is 11.1 Å². The SMILES string of the molecule is Cc1ccc(C2CC(=O)N(c3ccc(C)c(C)c3)C3=C2C(=O)CCC3)cc1. The van der Waals surface area contributed by atoms with Crippen molar-refractivity contribution in [3.8, 4) is 0 Å². The maximum absolute atomic E-state index is 13.2. The molecule has 0 bridgehead atoms. The lowest BCUT2D eigenvalue weighted by molar-refractivity contribution is -0.119. The van der Waals surface area contributed by atoms with Gasteiger partial charge in [-0.15, -0.1) is 0 Å². The standard InChI is InChI=1S/C24H25NO2/c1-15-7-10-18(11-8-15)20-14-23(27)25(19-12-9-16(2)17(3)13-19)21-5-4-6-22(26)24(20)21/h7-13,20H,4-6,14H2,1-3H3. The number of aryl methyl sites for hydroxylation is 3. The van der Waals surface area contributed by atoms with Crippen molar-refractivity contribution in [2.24, 2.45) is 0 Å². The zero-order valence-electron chi connectivity index (χ0n) is 16.2. The Morgan fingerprint density at radius 2 is 1.63 bits per heavy atom. The molecule has 2 aromatic rings. The lowest BCUT2D eigenvalue weighted by Crippen LogP contribution is -2.40. The van der Waals surface area contributed by atoms with Gasteiger partial charge in [0.2, 0.25) is 5.91 Å². The Morgan fingerprint density at radius 1 is 0.889 bits per heavy atom. The average Bonchev–Trinajstić information content (AvgIpc) is 2.64. The van der Waals surface area contributed by atoms with E-state index in [2.05, 4.69) is 50.2 Å². The van der Waals surface area contributed by atoms with E-state index in [1.807, 2.05) is 17.9 Å². The molecule has 1 atom stereocenters. The molecule has 3 heteroatoms. The summed E-state index contributed by atoms with van der Waals surface area (Å²) in [5.41, 5.74) is 7.25. The second kappa shape index (κ2) is 6.80. The van der Waals surface area contributed by atoms with E-state index >= 15 is 0 Å². The highest BCUT2D eigenvalue weighted by Gasteiger charge is 2.39. The topological polar surface area (TPSA) is 37.4 Å². The first kappa shape index (κ1) is 17.7. The first-order chi connectivity index (χ1) is 13.0. The molecule has 138 valence electrons. The Labute approximate surface area is 160 Å². The molecule has 4 rings (SSSR count). The Kier molecular flexibility index (Phi) is 4.47. The highest BCUT2D eigenvalue weighted by molar-refractivity contribution is 6.07. The number of hydrogen-bond acceptors (Lipinski definition) is 2. The van der Waals surface area contributed by atoms with Crippen molar-refractivity contribution in [1.29, 1.82) is 0 Å². The number of rotatable bonds is 2. The summed E-state index contributed by atoms with van der Waals surface area (Å²) in [6.45, 7) is 6.18. The molecule has 0 fully saturated rings. The van der Waals surface area contributed by atoms with Gasteiger partial charge in [-0.05, 0) is 62.4 Å². The second-order valence-electron chi connectivity index (χ2n) is 7.80. The number of carbonyl (C=O) groups excluding carboxylic acids is 2. The molecule has 0 aromatic heterocycles. The quantitative estimate of drug-likeness (QED) is 0.744. The first-order valence-electron chi connectivity index (χ1n) is 9.68. The minimum absolute atomic E-state index is 0.0808. The molecule has 0 radical (unpaired) electrons. The number of anilines is 1. The normalized spacial score (nSPS) is 20.1. The number of benzene rings is 2. The summed E-state index contributed by atoms with van der Waals surface area (Å²) in [4.78, 5) is 27.9. The molecule has 0 saturated carbocycles. The molecule has 1 unspecified atom stereocenters. The van der Waals surface area contributed by atoms with Gasteiger partial charge in [0.25, 0.3) is 0 Å². The predicted molar refractivity (Wildman–Crippen MR) is 108 cm³/mol. The third-order valence-corrected chi connectivity index (χ3v) is 5.90. The molecule has 0 spiro atoms. The fraction of sp³-hybridized carbons (Fsp3) is 0.333. The molecule has 1 aliphatic carbocycles. The van der Waals surface area contributed by atoms with Crippen molar-refractivity contribution in [1.82, 2.24) is 0 Å². The van der Waals surface area contributed by atoms with Crippen molar-refractivity contribution in [2.45, 2.75) is 52.4 Å². The van der Waals surface area contributed by atoms with Crippen molar-refractivity contribution >= 4 is 17.4 Å². The Morgan fingerprint density at radius 3 is 2.33 bits per heavy atom. The Bertz CT molecular complexity index is 953. The molecular weight excluding hydrogens is 334 g/mol. The molecule has 1 heterocycles. The number of amides is 1. The van der Waals surface area contributed by atoms with E-state index in [-0.39, 0.29) is 17.6 Å². The monoisotopic (exact) mass is 359 g/mol. The maximum atomic E-state index is 13.2. The lowest BCUT2D eigenvalue weighted by atomic mass is 9.77. The second-order valence-corrected chi connectivity index (χ2v) is 7.80. The van der Waals surface area contributed by atoms with Crippen molar-refractivity contribution in [2.75, 3.05) is 4.90 Å². The number of carbonyl (C=O) groups is 2. The van der Waals surface area contributed by atoms with Crippen molar-refractivity contribution in [3.63, 3.8) is 0 Å². The van der Waals surface area contributed by atoms with Crippen LogP contribution in [0.3, 0.4) is 0 Å². The number of ketones is 1. The maximum Gasteiger partial charge on any atom is 0.232 e. The number of hydrogen-bond donors (Lipinski definition) is 0. The van der Waals surface area contributed by atoms with E-state index in [0.717, 1.165) is 40.9 Å². The van der Waals surface area contributed by atoms with Crippen molar-refractivity contribution < 1.29 is 9.59 Å². The third-order valence-electron chi connectivity index (χ3n) is 5.90. The smallest absolute Gasteiger partial charge is 0.232 e. The zero-order chi connectivity index (χ0) is 19.1. The summed E-state index contributed by atoms with van der Waals surface area (Å²) in [6, 6.07) is 14.3. The largest absolute Gasteiger partial charge is 0.294 e. The first-order valence-corrected chi connectivity index (χ1v) is 9.68. The number of nitrogens with zero attached hydrogens (tertiary/aromatic N) is 1. The van der Waals surface area contributed by atoms with Crippen LogP contribution in [0.5, 0.6) is 0 Å². The van der Waals surface area contributed by atoms with Crippen LogP contribution in [0.4, 0.5) is 5.69 Å². The zero-order valence-corrected chi connectivity index (χ0v) is 16.2. The lowest BCUT2D eigenvalue weighted by Gasteiger charge is -2.38. The van der Waals surface area contributed by atoms with Crippen LogP contribution in [-0.2, 0) is 9.59 Å². The summed E-state index contributed by atoms with van der Waals surface area (Å²) in [7, 11) is 0. The molecule has 3 nitrogen and oxygen atoms in total. The van der Waals surface area contributed by atoms with Gasteiger partial charge in [0, 0.05) is 35.7 Å². The van der Waals surface area contributed by atoms with E-state index in [0.29, 0.717) is 12.8 Å². The highest BCUT2D eigenvalue weighted by Crippen LogP contribution is 2.43. The molecule has 0 saturated heterocycles. The van der Waals surface area contributed by atoms with Crippen LogP contribution in [0.1, 0.15) is 53.9 Å². The van der Waals surface area contributed by atoms with Crippen LogP contribution in [0.2, 0.25) is 0 Å². The minimum Gasteiger partial charge on any atom is -0.294 e. The van der Waals surface area contributed by atoms with Crippen LogP contribution in [-0.4, -0.2) is 11.7 Å². The van der Waals surface area contributed by atoms with Gasteiger partial charge in [-0.1, -0.05) is 35.9 Å². The van der Waals surface area contributed by atoms with Gasteiger partial charge < -0.3 is 0 Å². The average molecular weight is 359 g/mol. The summed E-state index contributed by atoms with van der Waals surface area (Å²) in [5, 5.41) is 0. The van der Waals surface area contributed by atoms with Crippen molar-refractivity contribution in [3.05, 3.63) is 76.0 Å². The van der Waals surface area contributed by atoms with E-state index < -0.39 is 0 Å². The van der Waals surface area contributed by atoms with E-state index in [1.54, 1.807) is 0 Å². The van der Waals surface area contributed by atoms with Gasteiger partial charge in [0.05, 0.1) is 0 Å². The summed E-state index contributed by atoms with van der Waals surface area (Å²) < 4.78 is 0. The van der Waals surface area contributed by atoms with E-state index in [4.69, 9.17) is 0 Å². The Balaban J connectivity index is 1.85. The van der Waals surface area contributed by atoms with Gasteiger partial charge in [0.1, 0.15) is 0 Å². The predicted octanol–water partition coefficient (Wildman–Crippen LogP) is 5.14. The van der Waals surface area contributed by atoms with Crippen LogP contribution in [0.25, 0.3) is 0 Å². The van der Waals surface area contributed by atoms with Gasteiger partial charge in [-0.2, -0.15) is 0 Å². The van der Waals surface area contributed by atoms with Gasteiger partial charge >= 0.3 is 0 Å². The van der Waals surface area contributed by atoms with Gasteiger partial charge in [0.15, 0.2) is 5.78 Å². The van der Waals surface area contributed by atoms with Gasteiger partial charge in [-0.3, -0.25) is 14.5 Å². The highest BCUT2D eigenvalue weighted by atomic mass is 16.2. The molecule has 2 aromatic carbocycles. The van der Waals surface area contributed by atoms with Gasteiger partial charge in [-0.25, -0.2) is 0 Å². The molecular formula is C24H25NO2.